The SMILES string of the molecule is CC(=O)c1cc2c(cc1NC(=O)CN1CCN(C(=O)C3CCCO3)CC1)OCO2. The summed E-state index contributed by atoms with van der Waals surface area (Å²) < 4.78 is 16.1. The van der Waals surface area contributed by atoms with Gasteiger partial charge in [0, 0.05) is 44.4 Å². The van der Waals surface area contributed by atoms with Gasteiger partial charge >= 0.3 is 0 Å². The van der Waals surface area contributed by atoms with Gasteiger partial charge in [-0.25, -0.2) is 0 Å². The van der Waals surface area contributed by atoms with Crippen LogP contribution >= 0.6 is 0 Å². The maximum atomic E-state index is 12.5. The Bertz CT molecular complexity index is 813. The number of ether oxygens (including phenoxy) is 3. The molecule has 1 aromatic carbocycles. The van der Waals surface area contributed by atoms with Crippen molar-refractivity contribution in [2.24, 2.45) is 0 Å². The predicted molar refractivity (Wildman–Crippen MR) is 103 cm³/mol. The molecule has 1 aromatic rings. The Balaban J connectivity index is 1.32. The fourth-order valence-corrected chi connectivity index (χ4v) is 3.83. The lowest BCUT2D eigenvalue weighted by atomic mass is 10.1. The predicted octanol–water partition coefficient (Wildman–Crippen LogP) is 0.880. The molecule has 1 unspecified atom stereocenters. The number of Topliss-reactive ketones (excluding diaryl/α,β-unsaturated/α-hetero) is 1. The van der Waals surface area contributed by atoms with E-state index in [0.29, 0.717) is 55.5 Å². The minimum absolute atomic E-state index is 0.0538. The zero-order valence-electron chi connectivity index (χ0n) is 16.4. The van der Waals surface area contributed by atoms with Crippen LogP contribution in [-0.2, 0) is 14.3 Å². The van der Waals surface area contributed by atoms with Gasteiger partial charge in [0.2, 0.25) is 12.7 Å². The molecule has 0 aromatic heterocycles. The van der Waals surface area contributed by atoms with Crippen LogP contribution in [0.1, 0.15) is 30.1 Å². The first-order valence-electron chi connectivity index (χ1n) is 9.88. The van der Waals surface area contributed by atoms with Crippen LogP contribution < -0.4 is 14.8 Å². The van der Waals surface area contributed by atoms with Crippen LogP contribution in [0.15, 0.2) is 12.1 Å². The van der Waals surface area contributed by atoms with Gasteiger partial charge in [-0.2, -0.15) is 0 Å². The first-order chi connectivity index (χ1) is 14.0. The molecule has 9 nitrogen and oxygen atoms in total. The highest BCUT2D eigenvalue weighted by molar-refractivity contribution is 6.05. The number of hydrogen-bond acceptors (Lipinski definition) is 7. The number of rotatable bonds is 5. The van der Waals surface area contributed by atoms with E-state index in [0.717, 1.165) is 12.8 Å². The quantitative estimate of drug-likeness (QED) is 0.729. The van der Waals surface area contributed by atoms with Gasteiger partial charge in [0.15, 0.2) is 17.3 Å². The number of carbonyl (C=O) groups excluding carboxylic acids is 3. The fraction of sp³-hybridized carbons (Fsp3) is 0.550. The van der Waals surface area contributed by atoms with Crippen molar-refractivity contribution < 1.29 is 28.6 Å². The number of anilines is 1. The Morgan fingerprint density at radius 2 is 1.83 bits per heavy atom. The molecule has 3 aliphatic heterocycles. The second kappa shape index (κ2) is 8.38. The van der Waals surface area contributed by atoms with E-state index in [2.05, 4.69) is 5.32 Å². The lowest BCUT2D eigenvalue weighted by molar-refractivity contribution is -0.142. The molecule has 2 amide bonds. The molecule has 29 heavy (non-hydrogen) atoms. The van der Waals surface area contributed by atoms with E-state index < -0.39 is 0 Å². The molecular formula is C20H25N3O6. The van der Waals surface area contributed by atoms with Crippen molar-refractivity contribution in [3.05, 3.63) is 17.7 Å². The molecule has 156 valence electrons. The number of amides is 2. The maximum Gasteiger partial charge on any atom is 0.251 e. The Hall–Kier alpha value is -2.65. The summed E-state index contributed by atoms with van der Waals surface area (Å²) in [5.74, 6) is 0.676. The highest BCUT2D eigenvalue weighted by Crippen LogP contribution is 2.37. The normalized spacial score (nSPS) is 21.3. The van der Waals surface area contributed by atoms with E-state index in [9.17, 15) is 14.4 Å². The second-order valence-corrected chi connectivity index (χ2v) is 7.46. The molecule has 1 N–H and O–H groups in total. The molecule has 9 heteroatoms. The van der Waals surface area contributed by atoms with Gasteiger partial charge in [-0.15, -0.1) is 0 Å². The van der Waals surface area contributed by atoms with Crippen molar-refractivity contribution >= 4 is 23.3 Å². The zero-order chi connectivity index (χ0) is 20.4. The molecule has 0 aliphatic carbocycles. The number of nitrogens with zero attached hydrogens (tertiary/aromatic N) is 2. The van der Waals surface area contributed by atoms with Crippen LogP contribution in [0.4, 0.5) is 5.69 Å². The lowest BCUT2D eigenvalue weighted by Crippen LogP contribution is -2.52. The number of nitrogens with one attached hydrogen (secondary N) is 1. The summed E-state index contributed by atoms with van der Waals surface area (Å²) in [6.07, 6.45) is 1.41. The Labute approximate surface area is 168 Å². The van der Waals surface area contributed by atoms with Gasteiger partial charge in [-0.3, -0.25) is 19.3 Å². The number of piperazine rings is 1. The van der Waals surface area contributed by atoms with Gasteiger partial charge in [0.05, 0.1) is 12.2 Å². The van der Waals surface area contributed by atoms with Gasteiger partial charge < -0.3 is 24.4 Å². The summed E-state index contributed by atoms with van der Waals surface area (Å²) >= 11 is 0. The van der Waals surface area contributed by atoms with Gasteiger partial charge in [-0.1, -0.05) is 0 Å². The standard InChI is InChI=1S/C20H25N3O6/c1-13(24)14-9-17-18(29-12-28-17)10-15(14)21-19(25)11-22-4-6-23(7-5-22)20(26)16-3-2-8-27-16/h9-10,16H,2-8,11-12H2,1H3,(H,21,25). The summed E-state index contributed by atoms with van der Waals surface area (Å²) in [5, 5.41) is 2.81. The van der Waals surface area contributed by atoms with Crippen LogP contribution in [0.25, 0.3) is 0 Å². The van der Waals surface area contributed by atoms with E-state index >= 15 is 0 Å². The smallest absolute Gasteiger partial charge is 0.251 e. The highest BCUT2D eigenvalue weighted by Gasteiger charge is 2.30. The first-order valence-corrected chi connectivity index (χ1v) is 9.88. The molecule has 3 heterocycles. The van der Waals surface area contributed by atoms with Crippen LogP contribution in [0.5, 0.6) is 11.5 Å². The second-order valence-electron chi connectivity index (χ2n) is 7.46. The molecule has 0 spiro atoms. The third-order valence-corrected chi connectivity index (χ3v) is 5.42. The van der Waals surface area contributed by atoms with Crippen molar-refractivity contribution in [3.8, 4) is 11.5 Å². The first kappa shape index (κ1) is 19.7. The van der Waals surface area contributed by atoms with E-state index in [1.807, 2.05) is 9.80 Å². The van der Waals surface area contributed by atoms with Crippen LogP contribution in [0.2, 0.25) is 0 Å². The van der Waals surface area contributed by atoms with E-state index in [1.165, 1.54) is 6.92 Å². The van der Waals surface area contributed by atoms with Crippen molar-refractivity contribution in [1.29, 1.82) is 0 Å². The van der Waals surface area contributed by atoms with Crippen molar-refractivity contribution in [2.45, 2.75) is 25.9 Å². The van der Waals surface area contributed by atoms with Gasteiger partial charge in [0.1, 0.15) is 6.10 Å². The number of carbonyl (C=O) groups is 3. The topological polar surface area (TPSA) is 97.4 Å². The van der Waals surface area contributed by atoms with Crippen molar-refractivity contribution in [2.75, 3.05) is 51.4 Å². The molecule has 3 aliphatic rings. The van der Waals surface area contributed by atoms with Crippen LogP contribution in [0.3, 0.4) is 0 Å². The monoisotopic (exact) mass is 403 g/mol. The Kier molecular flexibility index (Phi) is 5.68. The van der Waals surface area contributed by atoms with E-state index in [1.54, 1.807) is 12.1 Å². The Morgan fingerprint density at radius 1 is 1.10 bits per heavy atom. The number of fused-ring (bicyclic) bond motifs is 1. The van der Waals surface area contributed by atoms with Crippen molar-refractivity contribution in [3.63, 3.8) is 0 Å². The van der Waals surface area contributed by atoms with Crippen molar-refractivity contribution in [1.82, 2.24) is 9.80 Å². The molecule has 0 saturated carbocycles. The summed E-state index contributed by atoms with van der Waals surface area (Å²) in [4.78, 5) is 40.7. The van der Waals surface area contributed by atoms with Gasteiger partial charge in [-0.05, 0) is 25.8 Å². The molecule has 2 fully saturated rings. The third kappa shape index (κ3) is 4.35. The molecule has 1 atom stereocenters. The number of ketones is 1. The average molecular weight is 403 g/mol. The average Bonchev–Trinajstić information content (AvgIpc) is 3.39. The third-order valence-electron chi connectivity index (χ3n) is 5.42. The maximum absolute atomic E-state index is 12.5. The summed E-state index contributed by atoms with van der Waals surface area (Å²) in [6.45, 7) is 4.77. The minimum Gasteiger partial charge on any atom is -0.454 e. The molecule has 2 saturated heterocycles. The van der Waals surface area contributed by atoms with Crippen LogP contribution in [-0.4, -0.2) is 79.6 Å². The molecule has 0 bridgehead atoms. The molecular weight excluding hydrogens is 378 g/mol. The zero-order valence-corrected chi connectivity index (χ0v) is 16.4. The Morgan fingerprint density at radius 3 is 2.48 bits per heavy atom. The van der Waals surface area contributed by atoms with E-state index in [-0.39, 0.29) is 37.0 Å². The molecule has 0 radical (unpaired) electrons. The number of hydrogen-bond donors (Lipinski definition) is 1. The summed E-state index contributed by atoms with van der Waals surface area (Å²) in [7, 11) is 0. The summed E-state index contributed by atoms with van der Waals surface area (Å²) in [6, 6.07) is 3.21. The van der Waals surface area contributed by atoms with Gasteiger partial charge in [0.25, 0.3) is 5.91 Å². The van der Waals surface area contributed by atoms with Crippen LogP contribution in [0, 0.1) is 0 Å². The molecule has 4 rings (SSSR count). The summed E-state index contributed by atoms with van der Waals surface area (Å²) in [5.41, 5.74) is 0.800. The lowest BCUT2D eigenvalue weighted by Gasteiger charge is -2.35. The van der Waals surface area contributed by atoms with E-state index in [4.69, 9.17) is 14.2 Å². The highest BCUT2D eigenvalue weighted by atomic mass is 16.7. The number of benzene rings is 1. The fourth-order valence-electron chi connectivity index (χ4n) is 3.83. The largest absolute Gasteiger partial charge is 0.454 e. The minimum atomic E-state index is -0.305.